The van der Waals surface area contributed by atoms with Crippen LogP contribution in [0, 0.1) is 0 Å². The highest BCUT2D eigenvalue weighted by atomic mass is 35.5. The van der Waals surface area contributed by atoms with Gasteiger partial charge in [0, 0.05) is 18.8 Å². The van der Waals surface area contributed by atoms with Crippen molar-refractivity contribution in [2.45, 2.75) is 12.8 Å². The number of fused-ring (bicyclic) bond motifs is 1. The number of nitrogens with one attached hydrogen (secondary N) is 2. The molecule has 1 aromatic rings. The molecule has 0 atom stereocenters. The average molecular weight is 268 g/mol. The molecule has 0 bridgehead atoms. The van der Waals surface area contributed by atoms with Gasteiger partial charge in [-0.1, -0.05) is 6.07 Å². The summed E-state index contributed by atoms with van der Waals surface area (Å²) in [5.41, 5.74) is 3.83. The summed E-state index contributed by atoms with van der Waals surface area (Å²) in [7, 11) is 0. The van der Waals surface area contributed by atoms with E-state index in [4.69, 9.17) is 0 Å². The van der Waals surface area contributed by atoms with Crippen LogP contribution in [0.5, 0.6) is 0 Å². The lowest BCUT2D eigenvalue weighted by atomic mass is 10.0. The average Bonchev–Trinajstić information content (AvgIpc) is 2.64. The van der Waals surface area contributed by atoms with Gasteiger partial charge in [0.25, 0.3) is 0 Å². The van der Waals surface area contributed by atoms with Crippen LogP contribution >= 0.6 is 12.4 Å². The minimum Gasteiger partial charge on any atom is -0.336 e. The molecule has 1 saturated heterocycles. The van der Waals surface area contributed by atoms with E-state index >= 15 is 0 Å². The first kappa shape index (κ1) is 13.2. The molecule has 0 aromatic heterocycles. The Balaban J connectivity index is 0.00000120. The first-order chi connectivity index (χ1) is 8.34. The molecule has 2 N–H and O–H groups in total. The summed E-state index contributed by atoms with van der Waals surface area (Å²) in [6.45, 7) is 3.60. The molecule has 18 heavy (non-hydrogen) atoms. The highest BCUT2D eigenvalue weighted by Gasteiger charge is 2.21. The Morgan fingerprint density at radius 1 is 1.06 bits per heavy atom. The van der Waals surface area contributed by atoms with E-state index < -0.39 is 0 Å². The van der Waals surface area contributed by atoms with Gasteiger partial charge in [0.15, 0.2) is 0 Å². The van der Waals surface area contributed by atoms with Crippen molar-refractivity contribution in [1.82, 2.24) is 10.6 Å². The fraction of sp³-hybridized carbons (Fsp3) is 0.462. The van der Waals surface area contributed by atoms with Gasteiger partial charge in [-0.15, -0.1) is 12.4 Å². The Morgan fingerprint density at radius 2 is 1.83 bits per heavy atom. The molecule has 3 rings (SSSR count). The Morgan fingerprint density at radius 3 is 2.56 bits per heavy atom. The van der Waals surface area contributed by atoms with Crippen molar-refractivity contribution in [3.63, 3.8) is 0 Å². The monoisotopic (exact) mass is 267 g/mol. The fourth-order valence-corrected chi connectivity index (χ4v) is 2.55. The molecule has 98 valence electrons. The van der Waals surface area contributed by atoms with E-state index in [9.17, 15) is 4.79 Å². The smallest absolute Gasteiger partial charge is 0.321 e. The Bertz CT molecular complexity index is 450. The van der Waals surface area contributed by atoms with E-state index in [1.807, 2.05) is 4.90 Å². The van der Waals surface area contributed by atoms with Crippen molar-refractivity contribution in [3.8, 4) is 0 Å². The van der Waals surface area contributed by atoms with Gasteiger partial charge >= 0.3 is 6.03 Å². The van der Waals surface area contributed by atoms with Crippen molar-refractivity contribution >= 4 is 24.1 Å². The lowest BCUT2D eigenvalue weighted by molar-refractivity contribution is 0.252. The quantitative estimate of drug-likeness (QED) is 0.806. The third-order valence-electron chi connectivity index (χ3n) is 3.50. The van der Waals surface area contributed by atoms with E-state index in [1.165, 1.54) is 11.1 Å². The third kappa shape index (κ3) is 2.44. The Kier molecular flexibility index (Phi) is 4.09. The van der Waals surface area contributed by atoms with E-state index in [-0.39, 0.29) is 18.4 Å². The van der Waals surface area contributed by atoms with E-state index in [2.05, 4.69) is 28.8 Å². The van der Waals surface area contributed by atoms with Gasteiger partial charge in [0.05, 0.1) is 0 Å². The molecular weight excluding hydrogens is 250 g/mol. The molecule has 2 aliphatic heterocycles. The second-order valence-corrected chi connectivity index (χ2v) is 4.59. The number of carbonyl (C=O) groups excluding carboxylic acids is 1. The molecule has 0 unspecified atom stereocenters. The first-order valence-corrected chi connectivity index (χ1v) is 6.22. The zero-order valence-electron chi connectivity index (χ0n) is 10.2. The van der Waals surface area contributed by atoms with Crippen molar-refractivity contribution in [2.24, 2.45) is 0 Å². The summed E-state index contributed by atoms with van der Waals surface area (Å²) < 4.78 is 0. The SMILES string of the molecule is Cl.O=C1NCCN1c1ccc2c(c1)CCNCC2. The number of hydrogen-bond donors (Lipinski definition) is 2. The lowest BCUT2D eigenvalue weighted by Crippen LogP contribution is -2.27. The van der Waals surface area contributed by atoms with Gasteiger partial charge in [-0.3, -0.25) is 4.90 Å². The van der Waals surface area contributed by atoms with Crippen LogP contribution in [0.1, 0.15) is 11.1 Å². The van der Waals surface area contributed by atoms with Crippen LogP contribution in [0.4, 0.5) is 10.5 Å². The molecule has 2 aliphatic rings. The maximum absolute atomic E-state index is 11.6. The predicted octanol–water partition coefficient (Wildman–Crippen LogP) is 1.33. The van der Waals surface area contributed by atoms with Crippen LogP contribution in [0.3, 0.4) is 0 Å². The van der Waals surface area contributed by atoms with Gasteiger partial charge in [-0.25, -0.2) is 4.79 Å². The van der Waals surface area contributed by atoms with Gasteiger partial charge in [-0.05, 0) is 49.2 Å². The number of nitrogens with zero attached hydrogens (tertiary/aromatic N) is 1. The molecular formula is C13H18ClN3O. The maximum Gasteiger partial charge on any atom is 0.321 e. The normalized spacial score (nSPS) is 18.7. The minimum absolute atomic E-state index is 0. The Hall–Kier alpha value is -1.26. The zero-order valence-corrected chi connectivity index (χ0v) is 11.1. The summed E-state index contributed by atoms with van der Waals surface area (Å²) >= 11 is 0. The van der Waals surface area contributed by atoms with Crippen LogP contribution in [-0.2, 0) is 12.8 Å². The first-order valence-electron chi connectivity index (χ1n) is 6.22. The molecule has 2 amide bonds. The largest absolute Gasteiger partial charge is 0.336 e. The maximum atomic E-state index is 11.6. The molecule has 0 saturated carbocycles. The number of amides is 2. The molecule has 0 radical (unpaired) electrons. The second kappa shape index (κ2) is 5.59. The van der Waals surface area contributed by atoms with Crippen molar-refractivity contribution in [1.29, 1.82) is 0 Å². The van der Waals surface area contributed by atoms with E-state index in [0.717, 1.165) is 44.7 Å². The van der Waals surface area contributed by atoms with E-state index in [1.54, 1.807) is 0 Å². The van der Waals surface area contributed by atoms with Gasteiger partial charge < -0.3 is 10.6 Å². The van der Waals surface area contributed by atoms with Crippen LogP contribution in [0.15, 0.2) is 18.2 Å². The molecule has 0 aliphatic carbocycles. The van der Waals surface area contributed by atoms with E-state index in [0.29, 0.717) is 0 Å². The number of halogens is 1. The number of benzene rings is 1. The minimum atomic E-state index is 0. The zero-order chi connectivity index (χ0) is 11.7. The number of carbonyl (C=O) groups is 1. The summed E-state index contributed by atoms with van der Waals surface area (Å²) in [6, 6.07) is 6.43. The van der Waals surface area contributed by atoms with Crippen molar-refractivity contribution in [2.75, 3.05) is 31.1 Å². The molecule has 2 heterocycles. The van der Waals surface area contributed by atoms with Gasteiger partial charge in [0.1, 0.15) is 0 Å². The molecule has 4 nitrogen and oxygen atoms in total. The van der Waals surface area contributed by atoms with Crippen molar-refractivity contribution < 1.29 is 4.79 Å². The van der Waals surface area contributed by atoms with Gasteiger partial charge in [0.2, 0.25) is 0 Å². The number of anilines is 1. The molecule has 1 fully saturated rings. The Labute approximate surface area is 113 Å². The number of rotatable bonds is 1. The molecule has 5 heteroatoms. The summed E-state index contributed by atoms with van der Waals surface area (Å²) in [4.78, 5) is 13.4. The lowest BCUT2D eigenvalue weighted by Gasteiger charge is -2.16. The van der Waals surface area contributed by atoms with Crippen LogP contribution in [0.25, 0.3) is 0 Å². The predicted molar refractivity (Wildman–Crippen MR) is 74.7 cm³/mol. The second-order valence-electron chi connectivity index (χ2n) is 4.59. The molecule has 1 aromatic carbocycles. The number of urea groups is 1. The van der Waals surface area contributed by atoms with Crippen LogP contribution in [0.2, 0.25) is 0 Å². The highest BCUT2D eigenvalue weighted by molar-refractivity contribution is 5.94. The number of hydrogen-bond acceptors (Lipinski definition) is 2. The molecule has 0 spiro atoms. The summed E-state index contributed by atoms with van der Waals surface area (Å²) in [6.07, 6.45) is 2.14. The van der Waals surface area contributed by atoms with Crippen molar-refractivity contribution in [3.05, 3.63) is 29.3 Å². The summed E-state index contributed by atoms with van der Waals surface area (Å²) in [5, 5.41) is 6.23. The van der Waals surface area contributed by atoms with Crippen LogP contribution in [-0.4, -0.2) is 32.2 Å². The topological polar surface area (TPSA) is 44.4 Å². The fourth-order valence-electron chi connectivity index (χ4n) is 2.55. The third-order valence-corrected chi connectivity index (χ3v) is 3.50. The van der Waals surface area contributed by atoms with Gasteiger partial charge in [-0.2, -0.15) is 0 Å². The summed E-state index contributed by atoms with van der Waals surface area (Å²) in [5.74, 6) is 0. The van der Waals surface area contributed by atoms with Crippen LogP contribution < -0.4 is 15.5 Å². The highest BCUT2D eigenvalue weighted by Crippen LogP contribution is 2.22. The standard InChI is InChI=1S/C13H17N3O.ClH/c17-13-15-7-8-16(13)12-2-1-10-3-5-14-6-4-11(10)9-12;/h1-2,9,14H,3-8H2,(H,15,17);1H.